The molecule has 0 saturated heterocycles. The summed E-state index contributed by atoms with van der Waals surface area (Å²) in [6, 6.07) is 0. The van der Waals surface area contributed by atoms with Crippen LogP contribution in [0.15, 0.2) is 10.2 Å². The van der Waals surface area contributed by atoms with Crippen molar-refractivity contribution >= 4 is 0 Å². The third kappa shape index (κ3) is 19.5. The van der Waals surface area contributed by atoms with Crippen molar-refractivity contribution in [3.63, 3.8) is 0 Å². The number of rotatable bonds is 20. The van der Waals surface area contributed by atoms with Gasteiger partial charge in [-0.25, -0.2) is 0 Å². The molecule has 0 spiro atoms. The predicted molar refractivity (Wildman–Crippen MR) is 116 cm³/mol. The first-order valence-electron chi connectivity index (χ1n) is 9.27. The molecule has 172 valence electrons. The highest BCUT2D eigenvalue weighted by Crippen LogP contribution is 2.21. The van der Waals surface area contributed by atoms with Crippen molar-refractivity contribution in [2.45, 2.75) is 41.0 Å². The molecule has 0 saturated carbocycles. The second-order valence-corrected chi connectivity index (χ2v) is 6.05. The zero-order valence-corrected chi connectivity index (χ0v) is 16.3. The SMILES string of the molecule is C.C.CCOCC(COCCCN)(COCCCN=[N+]=[N-])COCCCN=[N+]=[N-]. The van der Waals surface area contributed by atoms with E-state index in [0.717, 1.165) is 6.42 Å². The second-order valence-electron chi connectivity index (χ2n) is 6.05. The zero-order valence-electron chi connectivity index (χ0n) is 16.3. The van der Waals surface area contributed by atoms with E-state index in [9.17, 15) is 0 Å². The van der Waals surface area contributed by atoms with E-state index in [-0.39, 0.29) is 14.9 Å². The summed E-state index contributed by atoms with van der Waals surface area (Å²) in [6.07, 6.45) is 2.08. The van der Waals surface area contributed by atoms with Crippen LogP contribution in [-0.2, 0) is 18.9 Å². The van der Waals surface area contributed by atoms with Crippen molar-refractivity contribution in [2.24, 2.45) is 21.4 Å². The Balaban J connectivity index is -0.00000338. The average molecular weight is 420 g/mol. The fraction of sp³-hybridized carbons (Fsp3) is 1.00. The van der Waals surface area contributed by atoms with Crippen LogP contribution in [0.5, 0.6) is 0 Å². The van der Waals surface area contributed by atoms with Crippen LogP contribution in [0.3, 0.4) is 0 Å². The van der Waals surface area contributed by atoms with Crippen LogP contribution in [-0.4, -0.2) is 72.5 Å². The van der Waals surface area contributed by atoms with Crippen LogP contribution >= 0.6 is 0 Å². The van der Waals surface area contributed by atoms with E-state index in [2.05, 4.69) is 20.1 Å². The first-order chi connectivity index (χ1) is 13.2. The van der Waals surface area contributed by atoms with E-state index in [1.807, 2.05) is 6.92 Å². The smallest absolute Gasteiger partial charge is 0.0637 e. The van der Waals surface area contributed by atoms with Gasteiger partial charge in [0.2, 0.25) is 0 Å². The quantitative estimate of drug-likeness (QED) is 0.136. The van der Waals surface area contributed by atoms with Gasteiger partial charge in [0, 0.05) is 49.3 Å². The van der Waals surface area contributed by atoms with Crippen molar-refractivity contribution in [3.8, 4) is 0 Å². The first-order valence-corrected chi connectivity index (χ1v) is 9.27. The molecule has 29 heavy (non-hydrogen) atoms. The van der Waals surface area contributed by atoms with Crippen LogP contribution in [0.4, 0.5) is 0 Å². The average Bonchev–Trinajstić information content (AvgIpc) is 2.69. The van der Waals surface area contributed by atoms with E-state index in [0.29, 0.717) is 85.3 Å². The fourth-order valence-corrected chi connectivity index (χ4v) is 2.18. The predicted octanol–water partition coefficient (Wildman–Crippen LogP) is 4.08. The number of nitrogens with zero attached hydrogens (tertiary/aromatic N) is 6. The standard InChI is InChI=1S/C16H33N7O4.2CH4/c1-2-24-12-16(13-25-9-3-6-17,14-26-10-4-7-20-22-18)15-27-11-5-8-21-23-19;;/h2-15,17H2,1H3;2*1H4. The van der Waals surface area contributed by atoms with Gasteiger partial charge >= 0.3 is 0 Å². The summed E-state index contributed by atoms with van der Waals surface area (Å²) in [5.41, 5.74) is 21.7. The van der Waals surface area contributed by atoms with Gasteiger partial charge in [-0.1, -0.05) is 25.1 Å². The summed E-state index contributed by atoms with van der Waals surface area (Å²) in [5.74, 6) is 0. The molecule has 0 aliphatic carbocycles. The maximum atomic E-state index is 8.30. The first kappa shape index (κ1) is 32.1. The van der Waals surface area contributed by atoms with Crippen molar-refractivity contribution in [1.82, 2.24) is 0 Å². The van der Waals surface area contributed by atoms with Gasteiger partial charge in [0.25, 0.3) is 0 Å². The van der Waals surface area contributed by atoms with Crippen LogP contribution < -0.4 is 5.73 Å². The molecule has 0 unspecified atom stereocenters. The summed E-state index contributed by atoms with van der Waals surface area (Å²) in [7, 11) is 0. The van der Waals surface area contributed by atoms with Crippen molar-refractivity contribution < 1.29 is 18.9 Å². The van der Waals surface area contributed by atoms with E-state index in [4.69, 9.17) is 35.7 Å². The molecular weight excluding hydrogens is 378 g/mol. The number of nitrogens with two attached hydrogens (primary N) is 1. The highest BCUT2D eigenvalue weighted by Gasteiger charge is 2.32. The lowest BCUT2D eigenvalue weighted by atomic mass is 9.92. The van der Waals surface area contributed by atoms with Gasteiger partial charge in [0.05, 0.1) is 31.8 Å². The van der Waals surface area contributed by atoms with Gasteiger partial charge in [0.15, 0.2) is 0 Å². The molecule has 0 heterocycles. The number of hydrogen-bond acceptors (Lipinski definition) is 7. The Bertz CT molecular complexity index is 414. The minimum absolute atomic E-state index is 0. The molecule has 0 atom stereocenters. The van der Waals surface area contributed by atoms with Gasteiger partial charge in [0.1, 0.15) is 0 Å². The van der Waals surface area contributed by atoms with Gasteiger partial charge < -0.3 is 24.7 Å². The molecule has 0 radical (unpaired) electrons. The Hall–Kier alpha value is -1.58. The number of ether oxygens (including phenoxy) is 4. The van der Waals surface area contributed by atoms with Crippen molar-refractivity contribution in [2.75, 3.05) is 72.5 Å². The van der Waals surface area contributed by atoms with Crippen LogP contribution in [0, 0.1) is 5.41 Å². The lowest BCUT2D eigenvalue weighted by molar-refractivity contribution is -0.105. The number of hydrogen-bond donors (Lipinski definition) is 1. The van der Waals surface area contributed by atoms with E-state index in [1.54, 1.807) is 0 Å². The Kier molecular flexibility index (Phi) is 27.1. The molecule has 0 aliphatic rings. The fourth-order valence-electron chi connectivity index (χ4n) is 2.18. The van der Waals surface area contributed by atoms with Crippen LogP contribution in [0.25, 0.3) is 20.9 Å². The van der Waals surface area contributed by atoms with Crippen LogP contribution in [0.2, 0.25) is 0 Å². The summed E-state index contributed by atoms with van der Waals surface area (Å²) in [6.45, 7) is 7.10. The second kappa shape index (κ2) is 24.5. The molecule has 0 aromatic rings. The molecule has 11 nitrogen and oxygen atoms in total. The normalized spacial score (nSPS) is 11.9. The maximum absolute atomic E-state index is 8.30. The van der Waals surface area contributed by atoms with Gasteiger partial charge in [-0.15, -0.1) is 0 Å². The van der Waals surface area contributed by atoms with Gasteiger partial charge in [-0.3, -0.25) is 0 Å². The van der Waals surface area contributed by atoms with E-state index in [1.165, 1.54) is 0 Å². The summed E-state index contributed by atoms with van der Waals surface area (Å²) < 4.78 is 23.0. The molecule has 0 aromatic carbocycles. The molecule has 0 aliphatic heterocycles. The summed E-state index contributed by atoms with van der Waals surface area (Å²) in [5, 5.41) is 6.98. The topological polar surface area (TPSA) is 160 Å². The lowest BCUT2D eigenvalue weighted by Gasteiger charge is -2.33. The largest absolute Gasteiger partial charge is 0.381 e. The minimum Gasteiger partial charge on any atom is -0.381 e. The zero-order chi connectivity index (χ0) is 20.1. The lowest BCUT2D eigenvalue weighted by Crippen LogP contribution is -2.42. The Morgan fingerprint density at radius 1 is 0.759 bits per heavy atom. The highest BCUT2D eigenvalue weighted by molar-refractivity contribution is 4.79. The Morgan fingerprint density at radius 3 is 1.55 bits per heavy atom. The van der Waals surface area contributed by atoms with E-state index >= 15 is 0 Å². The van der Waals surface area contributed by atoms with Gasteiger partial charge in [-0.05, 0) is 43.8 Å². The molecule has 0 fully saturated rings. The summed E-state index contributed by atoms with van der Waals surface area (Å²) >= 11 is 0. The Morgan fingerprint density at radius 2 is 1.17 bits per heavy atom. The van der Waals surface area contributed by atoms with Crippen molar-refractivity contribution in [3.05, 3.63) is 20.9 Å². The highest BCUT2D eigenvalue weighted by atomic mass is 16.5. The molecule has 2 N–H and O–H groups in total. The minimum atomic E-state index is -0.443. The number of azide groups is 2. The summed E-state index contributed by atoms with van der Waals surface area (Å²) in [4.78, 5) is 5.44. The maximum Gasteiger partial charge on any atom is 0.0637 e. The van der Waals surface area contributed by atoms with Crippen LogP contribution in [0.1, 0.15) is 41.0 Å². The molecule has 11 heteroatoms. The Labute approximate surface area is 175 Å². The third-order valence-electron chi connectivity index (χ3n) is 3.55. The molecular formula is C18H41N7O4. The molecule has 0 rings (SSSR count). The van der Waals surface area contributed by atoms with Gasteiger partial charge in [-0.2, -0.15) is 0 Å². The molecule has 0 aromatic heterocycles. The monoisotopic (exact) mass is 419 g/mol. The van der Waals surface area contributed by atoms with Crippen molar-refractivity contribution in [1.29, 1.82) is 0 Å². The molecule has 0 bridgehead atoms. The van der Waals surface area contributed by atoms with E-state index < -0.39 is 5.41 Å². The third-order valence-corrected chi connectivity index (χ3v) is 3.55. The molecule has 0 amide bonds.